The average molecular weight is 490 g/mol. The van der Waals surface area contributed by atoms with Crippen molar-refractivity contribution >= 4 is 20.3 Å². The summed E-state index contributed by atoms with van der Waals surface area (Å²) in [7, 11) is -1.87. The Morgan fingerprint density at radius 3 is 2.44 bits per heavy atom. The van der Waals surface area contributed by atoms with Crippen LogP contribution in [0, 0.1) is 0 Å². The van der Waals surface area contributed by atoms with E-state index in [4.69, 9.17) is 4.43 Å². The van der Waals surface area contributed by atoms with E-state index in [-0.39, 0.29) is 23.0 Å². The van der Waals surface area contributed by atoms with E-state index in [0.717, 1.165) is 24.8 Å². The van der Waals surface area contributed by atoms with Gasteiger partial charge in [0.2, 0.25) is 5.91 Å². The summed E-state index contributed by atoms with van der Waals surface area (Å²) in [6, 6.07) is 8.92. The maximum absolute atomic E-state index is 13.5. The molecule has 2 N–H and O–H groups in total. The normalized spacial score (nSPS) is 22.2. The van der Waals surface area contributed by atoms with E-state index in [9.17, 15) is 14.7 Å². The van der Waals surface area contributed by atoms with Crippen molar-refractivity contribution in [2.24, 2.45) is 0 Å². The second-order valence-electron chi connectivity index (χ2n) is 11.2. The molecule has 0 aliphatic carbocycles. The van der Waals surface area contributed by atoms with Crippen LogP contribution >= 0.6 is 0 Å². The minimum Gasteiger partial charge on any atom is -0.417 e. The highest BCUT2D eigenvalue weighted by Gasteiger charge is 2.42. The van der Waals surface area contributed by atoms with E-state index in [0.29, 0.717) is 39.1 Å². The molecule has 3 rings (SSSR count). The van der Waals surface area contributed by atoms with Crippen molar-refractivity contribution in [1.29, 1.82) is 0 Å². The SMILES string of the molecule is CC(C)(C)[Si](C)(C)OCCC(O)C1CCCN1C(=O)C1CCCN1C(=O)NCc1ccccc1. The molecule has 7 nitrogen and oxygen atoms in total. The maximum atomic E-state index is 13.5. The summed E-state index contributed by atoms with van der Waals surface area (Å²) in [5, 5.41) is 14.0. The molecule has 190 valence electrons. The van der Waals surface area contributed by atoms with Crippen molar-refractivity contribution in [3.63, 3.8) is 0 Å². The molecule has 0 saturated carbocycles. The van der Waals surface area contributed by atoms with Crippen LogP contribution in [0.25, 0.3) is 0 Å². The fourth-order valence-corrected chi connectivity index (χ4v) is 5.70. The smallest absolute Gasteiger partial charge is 0.318 e. The number of aliphatic hydroxyl groups is 1. The minimum atomic E-state index is -1.87. The van der Waals surface area contributed by atoms with Gasteiger partial charge in [-0.1, -0.05) is 51.1 Å². The van der Waals surface area contributed by atoms with Crippen LogP contribution in [0.3, 0.4) is 0 Å². The number of likely N-dealkylation sites (tertiary alicyclic amines) is 2. The van der Waals surface area contributed by atoms with Gasteiger partial charge >= 0.3 is 6.03 Å². The molecular weight excluding hydrogens is 446 g/mol. The first kappa shape index (κ1) is 26.7. The highest BCUT2D eigenvalue weighted by atomic mass is 28.4. The molecule has 3 atom stereocenters. The molecule has 2 fully saturated rings. The zero-order valence-electron chi connectivity index (χ0n) is 21.5. The van der Waals surface area contributed by atoms with Crippen molar-refractivity contribution < 1.29 is 19.1 Å². The van der Waals surface area contributed by atoms with Crippen molar-refractivity contribution in [3.8, 4) is 0 Å². The first-order valence-corrected chi connectivity index (χ1v) is 15.6. The number of nitrogens with one attached hydrogen (secondary N) is 1. The number of amides is 3. The lowest BCUT2D eigenvalue weighted by Crippen LogP contribution is -2.53. The van der Waals surface area contributed by atoms with E-state index in [1.165, 1.54) is 0 Å². The molecule has 3 amide bonds. The first-order valence-electron chi connectivity index (χ1n) is 12.7. The van der Waals surface area contributed by atoms with Gasteiger partial charge in [0.15, 0.2) is 8.32 Å². The van der Waals surface area contributed by atoms with Crippen molar-refractivity contribution in [2.45, 2.75) is 95.7 Å². The van der Waals surface area contributed by atoms with Gasteiger partial charge in [0, 0.05) is 26.2 Å². The Bertz CT molecular complexity index is 827. The van der Waals surface area contributed by atoms with Crippen molar-refractivity contribution in [1.82, 2.24) is 15.1 Å². The number of aliphatic hydroxyl groups excluding tert-OH is 1. The van der Waals surface area contributed by atoms with Crippen LogP contribution < -0.4 is 5.32 Å². The largest absolute Gasteiger partial charge is 0.417 e. The molecule has 8 heteroatoms. The molecule has 0 aromatic heterocycles. The summed E-state index contributed by atoms with van der Waals surface area (Å²) in [6.45, 7) is 13.2. The van der Waals surface area contributed by atoms with E-state index in [1.807, 2.05) is 35.2 Å². The molecular formula is C26H43N3O4Si. The van der Waals surface area contributed by atoms with Gasteiger partial charge in [0.1, 0.15) is 6.04 Å². The lowest BCUT2D eigenvalue weighted by atomic mass is 10.0. The van der Waals surface area contributed by atoms with Crippen LogP contribution in [-0.2, 0) is 15.8 Å². The van der Waals surface area contributed by atoms with E-state index < -0.39 is 20.5 Å². The second kappa shape index (κ2) is 11.2. The molecule has 2 aliphatic rings. The van der Waals surface area contributed by atoms with Crippen LogP contribution in [0.2, 0.25) is 18.1 Å². The summed E-state index contributed by atoms with van der Waals surface area (Å²) in [4.78, 5) is 29.8. The highest BCUT2D eigenvalue weighted by molar-refractivity contribution is 6.74. The third kappa shape index (κ3) is 6.40. The predicted molar refractivity (Wildman–Crippen MR) is 137 cm³/mol. The molecule has 0 bridgehead atoms. The van der Waals surface area contributed by atoms with Crippen LogP contribution in [0.5, 0.6) is 0 Å². The fourth-order valence-electron chi connectivity index (χ4n) is 4.64. The number of carbonyl (C=O) groups excluding carboxylic acids is 2. The molecule has 1 aromatic carbocycles. The molecule has 0 spiro atoms. The summed E-state index contributed by atoms with van der Waals surface area (Å²) in [6.07, 6.45) is 3.07. The molecule has 2 aliphatic heterocycles. The zero-order valence-corrected chi connectivity index (χ0v) is 22.5. The Morgan fingerprint density at radius 2 is 1.76 bits per heavy atom. The standard InChI is InChI=1S/C26H43N3O4Si/c1-26(2,3)34(4,5)33-18-15-23(30)21-13-9-16-28(21)24(31)22-14-10-17-29(22)25(32)27-19-20-11-7-6-8-12-20/h6-8,11-12,21-23,30H,9-10,13-19H2,1-5H3,(H,27,32). The fraction of sp³-hybridized carbons (Fsp3) is 0.692. The Hall–Kier alpha value is -1.90. The highest BCUT2D eigenvalue weighted by Crippen LogP contribution is 2.36. The third-order valence-electron chi connectivity index (χ3n) is 7.79. The molecule has 2 saturated heterocycles. The van der Waals surface area contributed by atoms with Gasteiger partial charge in [-0.2, -0.15) is 0 Å². The molecule has 0 radical (unpaired) electrons. The van der Waals surface area contributed by atoms with E-state index in [2.05, 4.69) is 39.2 Å². The van der Waals surface area contributed by atoms with Crippen LogP contribution in [0.4, 0.5) is 4.79 Å². The van der Waals surface area contributed by atoms with Gasteiger partial charge in [-0.15, -0.1) is 0 Å². The number of carbonyl (C=O) groups is 2. The van der Waals surface area contributed by atoms with Gasteiger partial charge < -0.3 is 24.6 Å². The monoisotopic (exact) mass is 489 g/mol. The zero-order chi connectivity index (χ0) is 24.9. The van der Waals surface area contributed by atoms with Crippen LogP contribution in [0.1, 0.15) is 58.4 Å². The summed E-state index contributed by atoms with van der Waals surface area (Å²) in [5.41, 5.74) is 1.03. The lowest BCUT2D eigenvalue weighted by Gasteiger charge is -2.37. The topological polar surface area (TPSA) is 82.1 Å². The summed E-state index contributed by atoms with van der Waals surface area (Å²) in [5.74, 6) is -0.0285. The number of hydrogen-bond donors (Lipinski definition) is 2. The molecule has 34 heavy (non-hydrogen) atoms. The minimum absolute atomic E-state index is 0.0285. The Kier molecular flexibility index (Phi) is 8.81. The second-order valence-corrected chi connectivity index (χ2v) is 16.0. The average Bonchev–Trinajstić information content (AvgIpc) is 3.47. The molecule has 1 aromatic rings. The Morgan fingerprint density at radius 1 is 1.12 bits per heavy atom. The summed E-state index contributed by atoms with van der Waals surface area (Å²) >= 11 is 0. The number of urea groups is 1. The number of hydrogen-bond acceptors (Lipinski definition) is 4. The molecule has 2 heterocycles. The quantitative estimate of drug-likeness (QED) is 0.538. The van der Waals surface area contributed by atoms with E-state index in [1.54, 1.807) is 4.90 Å². The number of nitrogens with zero attached hydrogens (tertiary/aromatic N) is 2. The van der Waals surface area contributed by atoms with Gasteiger partial charge in [0.25, 0.3) is 0 Å². The van der Waals surface area contributed by atoms with Crippen molar-refractivity contribution in [3.05, 3.63) is 35.9 Å². The predicted octanol–water partition coefficient (Wildman–Crippen LogP) is 4.12. The van der Waals surface area contributed by atoms with Crippen molar-refractivity contribution in [2.75, 3.05) is 19.7 Å². The van der Waals surface area contributed by atoms with Gasteiger partial charge in [-0.25, -0.2) is 4.79 Å². The van der Waals surface area contributed by atoms with Crippen LogP contribution in [0.15, 0.2) is 30.3 Å². The maximum Gasteiger partial charge on any atom is 0.318 e. The number of rotatable bonds is 8. The third-order valence-corrected chi connectivity index (χ3v) is 12.3. The molecule has 3 unspecified atom stereocenters. The van der Waals surface area contributed by atoms with Gasteiger partial charge in [0.05, 0.1) is 12.1 Å². The Labute approximate surface area is 206 Å². The lowest BCUT2D eigenvalue weighted by molar-refractivity contribution is -0.138. The number of benzene rings is 1. The van der Waals surface area contributed by atoms with E-state index >= 15 is 0 Å². The Balaban J connectivity index is 1.55. The van der Waals surface area contributed by atoms with Crippen LogP contribution in [-0.4, -0.2) is 73.0 Å². The van der Waals surface area contributed by atoms with Gasteiger partial charge in [-0.05, 0) is 55.8 Å². The summed E-state index contributed by atoms with van der Waals surface area (Å²) < 4.78 is 6.25. The first-order chi connectivity index (χ1) is 16.0. The van der Waals surface area contributed by atoms with Gasteiger partial charge in [-0.3, -0.25) is 4.79 Å².